The minimum absolute atomic E-state index is 0.0730. The molecule has 0 aliphatic carbocycles. The lowest BCUT2D eigenvalue weighted by Gasteiger charge is -2.37. The number of anilines is 1. The molecule has 0 unspecified atom stereocenters. The van der Waals surface area contributed by atoms with E-state index >= 15 is 0 Å². The van der Waals surface area contributed by atoms with Gasteiger partial charge in [-0.3, -0.25) is 14.6 Å². The molecule has 2 heterocycles. The maximum absolute atomic E-state index is 12.8. The molecular formula is C26H35N5O3. The van der Waals surface area contributed by atoms with Crippen molar-refractivity contribution in [3.63, 3.8) is 0 Å². The van der Waals surface area contributed by atoms with Crippen molar-refractivity contribution < 1.29 is 14.3 Å². The molecule has 3 amide bonds. The molecule has 2 saturated heterocycles. The summed E-state index contributed by atoms with van der Waals surface area (Å²) in [5, 5.41) is 5.88. The molecular weight excluding hydrogens is 430 g/mol. The third-order valence-corrected chi connectivity index (χ3v) is 6.60. The van der Waals surface area contributed by atoms with Crippen molar-refractivity contribution in [3.8, 4) is 5.75 Å². The molecule has 2 aromatic rings. The van der Waals surface area contributed by atoms with Crippen LogP contribution >= 0.6 is 0 Å². The van der Waals surface area contributed by atoms with Crippen LogP contribution in [-0.4, -0.2) is 85.6 Å². The smallest absolute Gasteiger partial charge is 0.319 e. The predicted molar refractivity (Wildman–Crippen MR) is 133 cm³/mol. The summed E-state index contributed by atoms with van der Waals surface area (Å²) >= 11 is 0. The van der Waals surface area contributed by atoms with E-state index in [2.05, 4.69) is 44.7 Å². The third kappa shape index (κ3) is 6.95. The standard InChI is InChI=1S/C26H35N5O3/c1-34-24-9-7-22(8-10-24)27-26(33)28-23-11-13-31(14-12-23)25(32)20-30-17-15-29(16-18-30)19-21-5-3-2-4-6-21/h2-10,23H,11-20H2,1H3,(H2,27,28,33). The number of benzene rings is 2. The van der Waals surface area contributed by atoms with Crippen molar-refractivity contribution in [3.05, 3.63) is 60.2 Å². The van der Waals surface area contributed by atoms with Crippen molar-refractivity contribution in [2.75, 3.05) is 58.2 Å². The molecule has 4 rings (SSSR count). The van der Waals surface area contributed by atoms with Crippen LogP contribution in [0.25, 0.3) is 0 Å². The number of carbonyl (C=O) groups excluding carboxylic acids is 2. The van der Waals surface area contributed by atoms with Gasteiger partial charge < -0.3 is 20.3 Å². The van der Waals surface area contributed by atoms with Gasteiger partial charge >= 0.3 is 6.03 Å². The molecule has 2 aromatic carbocycles. The monoisotopic (exact) mass is 465 g/mol. The molecule has 2 aliphatic rings. The Kier molecular flexibility index (Phi) is 8.38. The van der Waals surface area contributed by atoms with Crippen molar-refractivity contribution in [1.82, 2.24) is 20.0 Å². The summed E-state index contributed by atoms with van der Waals surface area (Å²) in [6.45, 7) is 6.62. The summed E-state index contributed by atoms with van der Waals surface area (Å²) in [6.07, 6.45) is 1.54. The van der Waals surface area contributed by atoms with Crippen LogP contribution in [-0.2, 0) is 11.3 Å². The summed E-state index contributed by atoms with van der Waals surface area (Å²) in [7, 11) is 1.61. The number of urea groups is 1. The number of likely N-dealkylation sites (tertiary alicyclic amines) is 1. The molecule has 34 heavy (non-hydrogen) atoms. The quantitative estimate of drug-likeness (QED) is 0.658. The molecule has 0 saturated carbocycles. The highest BCUT2D eigenvalue weighted by atomic mass is 16.5. The van der Waals surface area contributed by atoms with Crippen LogP contribution in [0.5, 0.6) is 5.75 Å². The Bertz CT molecular complexity index is 921. The van der Waals surface area contributed by atoms with Gasteiger partial charge in [0.05, 0.1) is 13.7 Å². The lowest BCUT2D eigenvalue weighted by atomic mass is 10.1. The molecule has 2 aliphatic heterocycles. The van der Waals surface area contributed by atoms with E-state index < -0.39 is 0 Å². The summed E-state index contributed by atoms with van der Waals surface area (Å²) in [5.41, 5.74) is 2.05. The number of nitrogens with one attached hydrogen (secondary N) is 2. The van der Waals surface area contributed by atoms with Gasteiger partial charge in [-0.15, -0.1) is 0 Å². The number of carbonyl (C=O) groups is 2. The minimum atomic E-state index is -0.219. The number of piperazine rings is 1. The van der Waals surface area contributed by atoms with Crippen molar-refractivity contribution in [2.45, 2.75) is 25.4 Å². The van der Waals surface area contributed by atoms with Gasteiger partial charge in [-0.05, 0) is 42.7 Å². The van der Waals surface area contributed by atoms with Gasteiger partial charge in [-0.2, -0.15) is 0 Å². The van der Waals surface area contributed by atoms with Crippen LogP contribution < -0.4 is 15.4 Å². The summed E-state index contributed by atoms with van der Waals surface area (Å²) < 4.78 is 5.13. The zero-order chi connectivity index (χ0) is 23.8. The molecule has 0 bridgehead atoms. The summed E-state index contributed by atoms with van der Waals surface area (Å²) in [6, 6.07) is 17.6. The second kappa shape index (κ2) is 11.9. The second-order valence-electron chi connectivity index (χ2n) is 9.02. The fourth-order valence-electron chi connectivity index (χ4n) is 4.54. The first-order chi connectivity index (χ1) is 16.6. The van der Waals surface area contributed by atoms with Crippen LogP contribution in [0.3, 0.4) is 0 Å². The molecule has 0 spiro atoms. The molecule has 0 atom stereocenters. The van der Waals surface area contributed by atoms with Crippen molar-refractivity contribution in [1.29, 1.82) is 0 Å². The van der Waals surface area contributed by atoms with Gasteiger partial charge in [0.2, 0.25) is 5.91 Å². The van der Waals surface area contributed by atoms with Crippen LogP contribution in [0.1, 0.15) is 18.4 Å². The van der Waals surface area contributed by atoms with Gasteiger partial charge in [0.15, 0.2) is 0 Å². The zero-order valence-corrected chi connectivity index (χ0v) is 19.9. The van der Waals surface area contributed by atoms with Gasteiger partial charge in [-0.1, -0.05) is 30.3 Å². The van der Waals surface area contributed by atoms with Gasteiger partial charge in [-0.25, -0.2) is 4.79 Å². The number of piperidine rings is 1. The number of hydrogen-bond acceptors (Lipinski definition) is 5. The van der Waals surface area contributed by atoms with E-state index in [0.29, 0.717) is 19.6 Å². The molecule has 2 fully saturated rings. The second-order valence-corrected chi connectivity index (χ2v) is 9.02. The van der Waals surface area contributed by atoms with Gasteiger partial charge in [0.1, 0.15) is 5.75 Å². The van der Waals surface area contributed by atoms with E-state index in [9.17, 15) is 9.59 Å². The highest BCUT2D eigenvalue weighted by molar-refractivity contribution is 5.89. The fraction of sp³-hybridized carbons (Fsp3) is 0.462. The van der Waals surface area contributed by atoms with E-state index in [0.717, 1.165) is 57.0 Å². The third-order valence-electron chi connectivity index (χ3n) is 6.60. The molecule has 8 nitrogen and oxygen atoms in total. The number of hydrogen-bond donors (Lipinski definition) is 2. The topological polar surface area (TPSA) is 77.1 Å². The summed E-state index contributed by atoms with van der Waals surface area (Å²) in [4.78, 5) is 31.8. The molecule has 0 aromatic heterocycles. The maximum atomic E-state index is 12.8. The number of nitrogens with zero attached hydrogens (tertiary/aromatic N) is 3. The van der Waals surface area contributed by atoms with Crippen molar-refractivity contribution >= 4 is 17.6 Å². The minimum Gasteiger partial charge on any atom is -0.497 e. The van der Waals surface area contributed by atoms with E-state index in [4.69, 9.17) is 4.74 Å². The average Bonchev–Trinajstić information content (AvgIpc) is 2.87. The van der Waals surface area contributed by atoms with Crippen LogP contribution in [0.4, 0.5) is 10.5 Å². The highest BCUT2D eigenvalue weighted by Crippen LogP contribution is 2.16. The largest absolute Gasteiger partial charge is 0.497 e. The Labute approximate surface area is 201 Å². The number of amides is 3. The predicted octanol–water partition coefficient (Wildman–Crippen LogP) is 2.63. The van der Waals surface area contributed by atoms with E-state index in [1.807, 2.05) is 23.1 Å². The van der Waals surface area contributed by atoms with Gasteiger partial charge in [0, 0.05) is 57.5 Å². The Morgan fingerprint density at radius 1 is 0.882 bits per heavy atom. The average molecular weight is 466 g/mol. The first-order valence-electron chi connectivity index (χ1n) is 12.1. The first kappa shape index (κ1) is 24.0. The summed E-state index contributed by atoms with van der Waals surface area (Å²) in [5.74, 6) is 0.940. The van der Waals surface area contributed by atoms with Gasteiger partial charge in [0.25, 0.3) is 0 Å². The van der Waals surface area contributed by atoms with E-state index in [1.54, 1.807) is 19.2 Å². The van der Waals surface area contributed by atoms with Crippen LogP contribution in [0.2, 0.25) is 0 Å². The fourth-order valence-corrected chi connectivity index (χ4v) is 4.54. The lowest BCUT2D eigenvalue weighted by molar-refractivity contribution is -0.134. The Morgan fingerprint density at radius 3 is 2.18 bits per heavy atom. The Hall–Kier alpha value is -3.10. The van der Waals surface area contributed by atoms with Crippen molar-refractivity contribution in [2.24, 2.45) is 0 Å². The van der Waals surface area contributed by atoms with E-state index in [1.165, 1.54) is 5.56 Å². The number of ether oxygens (including phenoxy) is 1. The zero-order valence-electron chi connectivity index (χ0n) is 19.9. The molecule has 182 valence electrons. The van der Waals surface area contributed by atoms with Crippen LogP contribution in [0, 0.1) is 0 Å². The number of methoxy groups -OCH3 is 1. The Morgan fingerprint density at radius 2 is 1.53 bits per heavy atom. The number of rotatable bonds is 7. The SMILES string of the molecule is COc1ccc(NC(=O)NC2CCN(C(=O)CN3CCN(Cc4ccccc4)CC3)CC2)cc1. The molecule has 0 radical (unpaired) electrons. The lowest BCUT2D eigenvalue weighted by Crippen LogP contribution is -2.52. The first-order valence-corrected chi connectivity index (χ1v) is 12.1. The molecule has 2 N–H and O–H groups in total. The normalized spacial score (nSPS) is 17.9. The molecule has 8 heteroatoms. The Balaban J connectivity index is 1.13. The highest BCUT2D eigenvalue weighted by Gasteiger charge is 2.26. The van der Waals surface area contributed by atoms with E-state index in [-0.39, 0.29) is 18.0 Å². The van der Waals surface area contributed by atoms with Crippen LogP contribution in [0.15, 0.2) is 54.6 Å². The maximum Gasteiger partial charge on any atom is 0.319 e.